The first kappa shape index (κ1) is 18.6. The van der Waals surface area contributed by atoms with E-state index in [4.69, 9.17) is 4.74 Å². The van der Waals surface area contributed by atoms with Gasteiger partial charge < -0.3 is 4.74 Å². The maximum atomic E-state index is 12.9. The van der Waals surface area contributed by atoms with Crippen LogP contribution in [0.25, 0.3) is 10.8 Å². The predicted octanol–water partition coefficient (Wildman–Crippen LogP) is 3.25. The molecular formula is C20H22N2O3S2. The van der Waals surface area contributed by atoms with Gasteiger partial charge in [-0.2, -0.15) is 0 Å². The molecule has 0 radical (unpaired) electrons. The van der Waals surface area contributed by atoms with Gasteiger partial charge >= 0.3 is 0 Å². The number of hydrogen-bond acceptors (Lipinski definition) is 5. The predicted molar refractivity (Wildman–Crippen MR) is 109 cm³/mol. The van der Waals surface area contributed by atoms with Crippen molar-refractivity contribution in [2.24, 2.45) is 0 Å². The normalized spacial score (nSPS) is 17.2. The smallest absolute Gasteiger partial charge is 0.240 e. The van der Waals surface area contributed by atoms with Gasteiger partial charge in [-0.05, 0) is 34.4 Å². The van der Waals surface area contributed by atoms with Crippen molar-refractivity contribution >= 4 is 32.1 Å². The zero-order valence-electron chi connectivity index (χ0n) is 14.9. The summed E-state index contributed by atoms with van der Waals surface area (Å²) in [5.74, 6) is 0. The highest BCUT2D eigenvalue weighted by molar-refractivity contribution is 7.89. The van der Waals surface area contributed by atoms with Gasteiger partial charge in [-0.15, -0.1) is 11.3 Å². The van der Waals surface area contributed by atoms with E-state index in [1.165, 1.54) is 0 Å². The fourth-order valence-corrected chi connectivity index (χ4v) is 5.32. The van der Waals surface area contributed by atoms with Crippen LogP contribution in [-0.2, 0) is 14.8 Å². The van der Waals surface area contributed by atoms with E-state index in [1.54, 1.807) is 23.5 Å². The van der Waals surface area contributed by atoms with E-state index >= 15 is 0 Å². The Morgan fingerprint density at radius 1 is 1.04 bits per heavy atom. The Labute approximate surface area is 163 Å². The van der Waals surface area contributed by atoms with Crippen molar-refractivity contribution in [1.82, 2.24) is 9.62 Å². The van der Waals surface area contributed by atoms with E-state index in [1.807, 2.05) is 41.8 Å². The molecule has 1 saturated heterocycles. The Bertz CT molecular complexity index is 997. The number of hydrogen-bond donors (Lipinski definition) is 1. The van der Waals surface area contributed by atoms with E-state index in [0.29, 0.717) is 24.7 Å². The van der Waals surface area contributed by atoms with Crippen LogP contribution in [0.4, 0.5) is 0 Å². The molecule has 0 aliphatic carbocycles. The zero-order chi connectivity index (χ0) is 18.7. The van der Waals surface area contributed by atoms with Gasteiger partial charge in [0.25, 0.3) is 0 Å². The standard InChI is InChI=1S/C20H22N2O3S2/c23-27(24,18-8-7-16-4-1-2-5-17(16)14-18)21-15-19(20-6-3-13-26-20)22-9-11-25-12-10-22/h1-8,13-14,19,21H,9-12,15H2/t19-/m0/s1. The van der Waals surface area contributed by atoms with Crippen LogP contribution in [0.2, 0.25) is 0 Å². The highest BCUT2D eigenvalue weighted by atomic mass is 32.2. The van der Waals surface area contributed by atoms with Crippen LogP contribution in [0.15, 0.2) is 64.9 Å². The molecule has 1 N–H and O–H groups in total. The lowest BCUT2D eigenvalue weighted by Gasteiger charge is -2.34. The maximum absolute atomic E-state index is 12.9. The third kappa shape index (κ3) is 4.23. The van der Waals surface area contributed by atoms with Crippen molar-refractivity contribution < 1.29 is 13.2 Å². The molecular weight excluding hydrogens is 380 g/mol. The molecule has 1 atom stereocenters. The summed E-state index contributed by atoms with van der Waals surface area (Å²) in [5.41, 5.74) is 0. The van der Waals surface area contributed by atoms with Gasteiger partial charge in [0.15, 0.2) is 0 Å². The van der Waals surface area contributed by atoms with Crippen molar-refractivity contribution in [2.45, 2.75) is 10.9 Å². The Morgan fingerprint density at radius 3 is 2.56 bits per heavy atom. The van der Waals surface area contributed by atoms with Crippen molar-refractivity contribution in [2.75, 3.05) is 32.8 Å². The van der Waals surface area contributed by atoms with Gasteiger partial charge in [0.1, 0.15) is 0 Å². The van der Waals surface area contributed by atoms with Crippen molar-refractivity contribution in [1.29, 1.82) is 0 Å². The minimum atomic E-state index is -3.58. The third-order valence-corrected chi connectivity index (χ3v) is 7.25. The molecule has 5 nitrogen and oxygen atoms in total. The van der Waals surface area contributed by atoms with Gasteiger partial charge in [-0.1, -0.05) is 36.4 Å². The summed E-state index contributed by atoms with van der Waals surface area (Å²) in [5, 5.41) is 3.98. The Balaban J connectivity index is 1.54. The van der Waals surface area contributed by atoms with Crippen molar-refractivity contribution in [3.8, 4) is 0 Å². The van der Waals surface area contributed by atoms with Crippen LogP contribution in [0.1, 0.15) is 10.9 Å². The number of nitrogens with zero attached hydrogens (tertiary/aromatic N) is 1. The summed E-state index contributed by atoms with van der Waals surface area (Å²) in [4.78, 5) is 3.75. The number of benzene rings is 2. The Kier molecular flexibility index (Phi) is 5.56. The monoisotopic (exact) mass is 402 g/mol. The summed E-state index contributed by atoms with van der Waals surface area (Å²) in [6.07, 6.45) is 0. The van der Waals surface area contributed by atoms with Gasteiger partial charge in [-0.25, -0.2) is 13.1 Å². The lowest BCUT2D eigenvalue weighted by Crippen LogP contribution is -2.43. The largest absolute Gasteiger partial charge is 0.379 e. The van der Waals surface area contributed by atoms with Crippen LogP contribution in [0.5, 0.6) is 0 Å². The highest BCUT2D eigenvalue weighted by Gasteiger charge is 2.25. The molecule has 0 saturated carbocycles. The van der Waals surface area contributed by atoms with E-state index in [9.17, 15) is 8.42 Å². The number of morpholine rings is 1. The second-order valence-electron chi connectivity index (χ2n) is 6.54. The summed E-state index contributed by atoms with van der Waals surface area (Å²) >= 11 is 1.66. The first-order valence-corrected chi connectivity index (χ1v) is 11.3. The Hall–Kier alpha value is -1.77. The lowest BCUT2D eigenvalue weighted by molar-refractivity contribution is 0.0179. The van der Waals surface area contributed by atoms with E-state index < -0.39 is 10.0 Å². The molecule has 2 aromatic carbocycles. The number of fused-ring (bicyclic) bond motifs is 1. The molecule has 142 valence electrons. The first-order chi connectivity index (χ1) is 13.1. The molecule has 0 bridgehead atoms. The summed E-state index contributed by atoms with van der Waals surface area (Å²) in [6.45, 7) is 3.31. The zero-order valence-corrected chi connectivity index (χ0v) is 16.5. The minimum absolute atomic E-state index is 0.0177. The molecule has 0 spiro atoms. The van der Waals surface area contributed by atoms with Gasteiger partial charge in [-0.3, -0.25) is 4.90 Å². The summed E-state index contributed by atoms with van der Waals surface area (Å²) in [7, 11) is -3.58. The SMILES string of the molecule is O=S(=O)(NC[C@@H](c1cccs1)N1CCOCC1)c1ccc2ccccc2c1. The maximum Gasteiger partial charge on any atom is 0.240 e. The molecule has 27 heavy (non-hydrogen) atoms. The lowest BCUT2D eigenvalue weighted by atomic mass is 10.1. The number of nitrogens with one attached hydrogen (secondary N) is 1. The van der Waals surface area contributed by atoms with Crippen LogP contribution in [-0.4, -0.2) is 46.2 Å². The van der Waals surface area contributed by atoms with E-state index in [2.05, 4.69) is 15.7 Å². The molecule has 2 heterocycles. The van der Waals surface area contributed by atoms with Crippen LogP contribution in [0.3, 0.4) is 0 Å². The number of rotatable bonds is 6. The Morgan fingerprint density at radius 2 is 1.81 bits per heavy atom. The molecule has 1 aliphatic rings. The van der Waals surface area contributed by atoms with Crippen molar-refractivity contribution in [3.05, 3.63) is 64.9 Å². The second-order valence-corrected chi connectivity index (χ2v) is 9.29. The van der Waals surface area contributed by atoms with Gasteiger partial charge in [0.2, 0.25) is 10.0 Å². The second kappa shape index (κ2) is 8.08. The minimum Gasteiger partial charge on any atom is -0.379 e. The van der Waals surface area contributed by atoms with Crippen LogP contribution < -0.4 is 4.72 Å². The quantitative estimate of drug-likeness (QED) is 0.688. The number of sulfonamides is 1. The first-order valence-electron chi connectivity index (χ1n) is 8.97. The fraction of sp³-hybridized carbons (Fsp3) is 0.300. The fourth-order valence-electron chi connectivity index (χ4n) is 3.39. The summed E-state index contributed by atoms with van der Waals surface area (Å²) < 4.78 is 34.0. The van der Waals surface area contributed by atoms with E-state index in [0.717, 1.165) is 28.7 Å². The molecule has 1 aliphatic heterocycles. The molecule has 7 heteroatoms. The van der Waals surface area contributed by atoms with Crippen LogP contribution in [0, 0.1) is 0 Å². The molecule has 1 aromatic heterocycles. The molecule has 1 fully saturated rings. The number of ether oxygens (including phenoxy) is 1. The van der Waals surface area contributed by atoms with Gasteiger partial charge in [0.05, 0.1) is 24.2 Å². The van der Waals surface area contributed by atoms with E-state index in [-0.39, 0.29) is 6.04 Å². The van der Waals surface area contributed by atoms with Crippen molar-refractivity contribution in [3.63, 3.8) is 0 Å². The third-order valence-electron chi connectivity index (χ3n) is 4.86. The summed E-state index contributed by atoms with van der Waals surface area (Å²) in [6, 6.07) is 17.1. The highest BCUT2D eigenvalue weighted by Crippen LogP contribution is 2.26. The molecule has 0 amide bonds. The average molecular weight is 403 g/mol. The number of thiophene rings is 1. The molecule has 3 aromatic rings. The van der Waals surface area contributed by atoms with Gasteiger partial charge in [0, 0.05) is 24.5 Å². The van der Waals surface area contributed by atoms with Crippen LogP contribution >= 0.6 is 11.3 Å². The molecule has 4 rings (SSSR count). The average Bonchev–Trinajstić information content (AvgIpc) is 3.23. The molecule has 0 unspecified atom stereocenters. The topological polar surface area (TPSA) is 58.6 Å².